The summed E-state index contributed by atoms with van der Waals surface area (Å²) in [4.78, 5) is 13.0. The predicted octanol–water partition coefficient (Wildman–Crippen LogP) is -8.34. The van der Waals surface area contributed by atoms with E-state index >= 15 is 0 Å². The van der Waals surface area contributed by atoms with Crippen molar-refractivity contribution in [3.05, 3.63) is 0 Å². The zero-order valence-electron chi connectivity index (χ0n) is 17.7. The molecule has 34 heavy (non-hydrogen) atoms. The van der Waals surface area contributed by atoms with Gasteiger partial charge in [-0.1, -0.05) is 0 Å². The highest BCUT2D eigenvalue weighted by molar-refractivity contribution is 5.88. The van der Waals surface area contributed by atoms with Crippen LogP contribution in [-0.2, 0) is 19.0 Å². The molecule has 0 aromatic heterocycles. The number of rotatable bonds is 10. The fraction of sp³-hybridized carbons (Fsp3) is 0.944. The number of aliphatic hydroxyl groups excluding tert-OH is 12. The Morgan fingerprint density at radius 3 is 1.74 bits per heavy atom. The second-order valence-electron chi connectivity index (χ2n) is 8.14. The van der Waals surface area contributed by atoms with Crippen LogP contribution in [0.2, 0.25) is 0 Å². The maximum absolute atomic E-state index is 13.0. The van der Waals surface area contributed by atoms with Gasteiger partial charge in [0.15, 0.2) is 18.2 Å². The summed E-state index contributed by atoms with van der Waals surface area (Å²) in [7, 11) is 0. The molecule has 2 fully saturated rings. The molecule has 2 aliphatic rings. The summed E-state index contributed by atoms with van der Waals surface area (Å²) in [6, 6.07) is 0. The van der Waals surface area contributed by atoms with Gasteiger partial charge in [-0.15, -0.1) is 0 Å². The molecule has 2 aliphatic heterocycles. The average molecular weight is 504 g/mol. The van der Waals surface area contributed by atoms with Crippen LogP contribution in [-0.4, -0.2) is 173 Å². The van der Waals surface area contributed by atoms with Gasteiger partial charge in [0.2, 0.25) is 0 Å². The Bertz CT molecular complexity index is 647. The summed E-state index contributed by atoms with van der Waals surface area (Å²) in [6.07, 6.45) is -27.8. The fourth-order valence-electron chi connectivity index (χ4n) is 3.67. The van der Waals surface area contributed by atoms with Crippen molar-refractivity contribution in [1.82, 2.24) is 0 Å². The standard InChI is InChI=1S/C18H32O16/c19-1-4(22)7(23)10(26)13(29)17(16-14(30)11(27)8(24)5(2-20)32-16)34-18-15(31)12(28)9(25)6(3-21)33-18/h4-12,14-28,30-31H,1-3H2/t4-,5-,6-,7-,8+,9-,10+,11+,12+,14-,15-,16?,17?,18?/m1/s1. The van der Waals surface area contributed by atoms with E-state index in [0.29, 0.717) is 0 Å². The third kappa shape index (κ3) is 5.89. The lowest BCUT2D eigenvalue weighted by molar-refractivity contribution is -0.327. The van der Waals surface area contributed by atoms with Gasteiger partial charge >= 0.3 is 0 Å². The topological polar surface area (TPSA) is 288 Å². The molecule has 0 radical (unpaired) electrons. The highest BCUT2D eigenvalue weighted by Crippen LogP contribution is 2.30. The molecule has 3 unspecified atom stereocenters. The maximum Gasteiger partial charge on any atom is 0.195 e. The minimum absolute atomic E-state index is 0.868. The molecule has 0 aromatic carbocycles. The SMILES string of the molecule is O=C(C(OC1O[C@H](CO)[C@@H](O)[C@H](O)[C@H]1O)C1O[C@H](CO)[C@H](O)[C@H](O)[C@H]1O)[C@@H](O)[C@H](O)[C@H](O)CO. The van der Waals surface area contributed by atoms with E-state index in [4.69, 9.17) is 19.3 Å². The Labute approximate surface area is 192 Å². The quantitative estimate of drug-likeness (QED) is 0.131. The molecule has 0 saturated carbocycles. The van der Waals surface area contributed by atoms with Crippen LogP contribution in [0.3, 0.4) is 0 Å². The summed E-state index contributed by atoms with van der Waals surface area (Å²) in [5.41, 5.74) is 0. The minimum Gasteiger partial charge on any atom is -0.394 e. The Morgan fingerprint density at radius 1 is 0.735 bits per heavy atom. The molecule has 2 rings (SSSR count). The lowest BCUT2D eigenvalue weighted by Gasteiger charge is -2.45. The maximum atomic E-state index is 13.0. The largest absolute Gasteiger partial charge is 0.394 e. The van der Waals surface area contributed by atoms with Crippen LogP contribution >= 0.6 is 0 Å². The first-order valence-corrected chi connectivity index (χ1v) is 10.4. The van der Waals surface area contributed by atoms with Crippen LogP contribution in [0.5, 0.6) is 0 Å². The molecule has 16 heteroatoms. The van der Waals surface area contributed by atoms with Crippen molar-refractivity contribution in [2.24, 2.45) is 0 Å². The first kappa shape index (κ1) is 29.3. The Kier molecular flexibility index (Phi) is 10.6. The lowest BCUT2D eigenvalue weighted by Crippen LogP contribution is -2.66. The Morgan fingerprint density at radius 2 is 1.24 bits per heavy atom. The summed E-state index contributed by atoms with van der Waals surface area (Å²) in [6.45, 7) is -2.84. The summed E-state index contributed by atoms with van der Waals surface area (Å²) in [5, 5.41) is 118. The van der Waals surface area contributed by atoms with Crippen molar-refractivity contribution in [3.63, 3.8) is 0 Å². The summed E-state index contributed by atoms with van der Waals surface area (Å²) < 4.78 is 15.7. The molecule has 0 amide bonds. The predicted molar refractivity (Wildman–Crippen MR) is 103 cm³/mol. The van der Waals surface area contributed by atoms with Gasteiger partial charge in [0.25, 0.3) is 0 Å². The minimum atomic E-state index is -2.50. The molecule has 0 aromatic rings. The van der Waals surface area contributed by atoms with Crippen LogP contribution in [0.25, 0.3) is 0 Å². The van der Waals surface area contributed by atoms with Crippen molar-refractivity contribution >= 4 is 5.78 Å². The lowest BCUT2D eigenvalue weighted by atomic mass is 9.88. The van der Waals surface area contributed by atoms with Crippen molar-refractivity contribution in [2.75, 3.05) is 19.8 Å². The van der Waals surface area contributed by atoms with Gasteiger partial charge in [0.1, 0.15) is 73.2 Å². The number of ketones is 1. The van der Waals surface area contributed by atoms with Gasteiger partial charge in [-0.2, -0.15) is 0 Å². The van der Waals surface area contributed by atoms with Gasteiger partial charge in [-0.05, 0) is 0 Å². The van der Waals surface area contributed by atoms with Crippen LogP contribution in [0.1, 0.15) is 0 Å². The number of hydrogen-bond donors (Lipinski definition) is 12. The van der Waals surface area contributed by atoms with E-state index in [1.165, 1.54) is 0 Å². The van der Waals surface area contributed by atoms with Crippen LogP contribution in [0.15, 0.2) is 0 Å². The first-order valence-electron chi connectivity index (χ1n) is 10.4. The van der Waals surface area contributed by atoms with Crippen molar-refractivity contribution in [2.45, 2.75) is 85.6 Å². The molecule has 0 bridgehead atoms. The third-order valence-electron chi connectivity index (χ3n) is 5.83. The van der Waals surface area contributed by atoms with Crippen molar-refractivity contribution in [1.29, 1.82) is 0 Å². The van der Waals surface area contributed by atoms with Crippen molar-refractivity contribution < 1.29 is 80.3 Å². The van der Waals surface area contributed by atoms with Crippen LogP contribution < -0.4 is 0 Å². The van der Waals surface area contributed by atoms with E-state index in [-0.39, 0.29) is 0 Å². The summed E-state index contributed by atoms with van der Waals surface area (Å²) in [5.74, 6) is -1.53. The molecule has 2 saturated heterocycles. The fourth-order valence-corrected chi connectivity index (χ4v) is 3.67. The molecular formula is C18H32O16. The monoisotopic (exact) mass is 504 g/mol. The highest BCUT2D eigenvalue weighted by Gasteiger charge is 2.53. The van der Waals surface area contributed by atoms with Crippen LogP contribution in [0.4, 0.5) is 0 Å². The second kappa shape index (κ2) is 12.3. The average Bonchev–Trinajstić information content (AvgIpc) is 2.84. The van der Waals surface area contributed by atoms with E-state index in [1.807, 2.05) is 0 Å². The van der Waals surface area contributed by atoms with E-state index in [0.717, 1.165) is 0 Å². The van der Waals surface area contributed by atoms with E-state index in [1.54, 1.807) is 0 Å². The molecule has 12 N–H and O–H groups in total. The number of carbonyl (C=O) groups excluding carboxylic acids is 1. The normalized spacial score (nSPS) is 42.6. The van der Waals surface area contributed by atoms with Gasteiger partial charge in [0.05, 0.1) is 19.8 Å². The van der Waals surface area contributed by atoms with E-state index in [2.05, 4.69) is 0 Å². The molecule has 200 valence electrons. The molecule has 0 aliphatic carbocycles. The van der Waals surface area contributed by atoms with Gasteiger partial charge in [-0.3, -0.25) is 4.79 Å². The first-order chi connectivity index (χ1) is 15.9. The zero-order valence-corrected chi connectivity index (χ0v) is 17.7. The van der Waals surface area contributed by atoms with Gasteiger partial charge in [-0.25, -0.2) is 0 Å². The molecular weight excluding hydrogens is 472 g/mol. The number of Topliss-reactive ketones (excluding diaryl/α,β-unsaturated/α-hetero) is 1. The van der Waals surface area contributed by atoms with Gasteiger partial charge < -0.3 is 75.5 Å². The van der Waals surface area contributed by atoms with E-state index < -0.39 is 111 Å². The highest BCUT2D eigenvalue weighted by atomic mass is 16.7. The molecule has 14 atom stereocenters. The second-order valence-corrected chi connectivity index (χ2v) is 8.14. The third-order valence-corrected chi connectivity index (χ3v) is 5.83. The van der Waals surface area contributed by atoms with Crippen LogP contribution in [0, 0.1) is 0 Å². The number of aliphatic hydroxyl groups is 12. The number of hydrogen-bond acceptors (Lipinski definition) is 16. The number of carbonyl (C=O) groups is 1. The smallest absolute Gasteiger partial charge is 0.195 e. The van der Waals surface area contributed by atoms with Gasteiger partial charge in [0, 0.05) is 0 Å². The Balaban J connectivity index is 2.40. The number of ether oxygens (including phenoxy) is 3. The summed E-state index contributed by atoms with van der Waals surface area (Å²) >= 11 is 0. The molecule has 2 heterocycles. The molecule has 0 spiro atoms. The zero-order chi connectivity index (χ0) is 25.9. The Hall–Kier alpha value is -0.930. The molecule has 16 nitrogen and oxygen atoms in total. The van der Waals surface area contributed by atoms with E-state index in [9.17, 15) is 61.0 Å². The van der Waals surface area contributed by atoms with Crippen molar-refractivity contribution in [3.8, 4) is 0 Å².